The third-order valence-electron chi connectivity index (χ3n) is 2.45. The van der Waals surface area contributed by atoms with Crippen LogP contribution in [0, 0.1) is 6.92 Å². The SMILES string of the molecule is CCC(O)CNC(=O)c1cccc(C)c1O. The molecule has 3 N–H and O–H groups in total. The molecule has 0 heterocycles. The van der Waals surface area contributed by atoms with Gasteiger partial charge in [0.2, 0.25) is 0 Å². The number of para-hydroxylation sites is 1. The van der Waals surface area contributed by atoms with Crippen molar-refractivity contribution in [2.75, 3.05) is 6.54 Å². The Morgan fingerprint density at radius 2 is 2.19 bits per heavy atom. The van der Waals surface area contributed by atoms with E-state index in [1.54, 1.807) is 25.1 Å². The van der Waals surface area contributed by atoms with Crippen molar-refractivity contribution in [3.05, 3.63) is 29.3 Å². The summed E-state index contributed by atoms with van der Waals surface area (Å²) in [7, 11) is 0. The maximum absolute atomic E-state index is 11.7. The first-order valence-corrected chi connectivity index (χ1v) is 5.31. The van der Waals surface area contributed by atoms with Crippen molar-refractivity contribution >= 4 is 5.91 Å². The summed E-state index contributed by atoms with van der Waals surface area (Å²) in [6.45, 7) is 3.76. The lowest BCUT2D eigenvalue weighted by atomic mass is 10.1. The highest BCUT2D eigenvalue weighted by atomic mass is 16.3. The fourth-order valence-electron chi connectivity index (χ4n) is 1.29. The number of phenols is 1. The lowest BCUT2D eigenvalue weighted by Crippen LogP contribution is -2.31. The maximum atomic E-state index is 11.7. The maximum Gasteiger partial charge on any atom is 0.255 e. The summed E-state index contributed by atoms with van der Waals surface area (Å²) in [4.78, 5) is 11.7. The minimum atomic E-state index is -0.545. The number of aromatic hydroxyl groups is 1. The number of hydrogen-bond donors (Lipinski definition) is 3. The molecule has 0 radical (unpaired) electrons. The van der Waals surface area contributed by atoms with Gasteiger partial charge in [-0.2, -0.15) is 0 Å². The molecular formula is C12H17NO3. The molecule has 1 amide bonds. The van der Waals surface area contributed by atoms with E-state index >= 15 is 0 Å². The molecule has 0 aliphatic rings. The lowest BCUT2D eigenvalue weighted by Gasteiger charge is -2.11. The number of carbonyl (C=O) groups excluding carboxylic acids is 1. The Labute approximate surface area is 94.9 Å². The minimum absolute atomic E-state index is 0.00834. The molecule has 0 fully saturated rings. The molecule has 1 unspecified atom stereocenters. The first-order chi connectivity index (χ1) is 7.56. The summed E-state index contributed by atoms with van der Waals surface area (Å²) in [5.74, 6) is -0.375. The largest absolute Gasteiger partial charge is 0.507 e. The predicted octanol–water partition coefficient (Wildman–Crippen LogP) is 1.20. The van der Waals surface area contributed by atoms with Gasteiger partial charge in [-0.3, -0.25) is 4.79 Å². The number of nitrogens with one attached hydrogen (secondary N) is 1. The van der Waals surface area contributed by atoms with Gasteiger partial charge >= 0.3 is 0 Å². The molecule has 0 saturated carbocycles. The van der Waals surface area contributed by atoms with Crippen LogP contribution in [0.3, 0.4) is 0 Å². The Morgan fingerprint density at radius 3 is 2.81 bits per heavy atom. The minimum Gasteiger partial charge on any atom is -0.507 e. The number of carbonyl (C=O) groups is 1. The quantitative estimate of drug-likeness (QED) is 0.718. The van der Waals surface area contributed by atoms with Gasteiger partial charge in [0.15, 0.2) is 0 Å². The first kappa shape index (κ1) is 12.5. The summed E-state index contributed by atoms with van der Waals surface area (Å²) in [6, 6.07) is 4.99. The number of benzene rings is 1. The summed E-state index contributed by atoms with van der Waals surface area (Å²) >= 11 is 0. The molecule has 0 bridgehead atoms. The second-order valence-electron chi connectivity index (χ2n) is 3.74. The number of hydrogen-bond acceptors (Lipinski definition) is 3. The molecule has 1 aromatic carbocycles. The number of phenolic OH excluding ortho intramolecular Hbond substituents is 1. The number of aliphatic hydroxyl groups is 1. The number of aryl methyl sites for hydroxylation is 1. The van der Waals surface area contributed by atoms with Gasteiger partial charge in [-0.25, -0.2) is 0 Å². The topological polar surface area (TPSA) is 69.6 Å². The molecule has 4 heteroatoms. The van der Waals surface area contributed by atoms with E-state index in [-0.39, 0.29) is 23.8 Å². The monoisotopic (exact) mass is 223 g/mol. The van der Waals surface area contributed by atoms with Crippen molar-refractivity contribution in [3.63, 3.8) is 0 Å². The zero-order chi connectivity index (χ0) is 12.1. The Hall–Kier alpha value is -1.55. The van der Waals surface area contributed by atoms with E-state index in [2.05, 4.69) is 5.32 Å². The summed E-state index contributed by atoms with van der Waals surface area (Å²) in [6.07, 6.45) is 0.0380. The Balaban J connectivity index is 2.70. The van der Waals surface area contributed by atoms with Gasteiger partial charge in [0.05, 0.1) is 11.7 Å². The van der Waals surface area contributed by atoms with E-state index in [1.165, 1.54) is 0 Å². The van der Waals surface area contributed by atoms with Crippen LogP contribution in [-0.4, -0.2) is 28.8 Å². The van der Waals surface area contributed by atoms with E-state index in [1.807, 2.05) is 6.92 Å². The normalized spacial score (nSPS) is 12.2. The average molecular weight is 223 g/mol. The molecule has 16 heavy (non-hydrogen) atoms. The predicted molar refractivity (Wildman–Crippen MR) is 61.5 cm³/mol. The zero-order valence-corrected chi connectivity index (χ0v) is 9.53. The fourth-order valence-corrected chi connectivity index (χ4v) is 1.29. The lowest BCUT2D eigenvalue weighted by molar-refractivity contribution is 0.0911. The van der Waals surface area contributed by atoms with Crippen LogP contribution < -0.4 is 5.32 Å². The van der Waals surface area contributed by atoms with Gasteiger partial charge in [0, 0.05) is 6.54 Å². The van der Waals surface area contributed by atoms with E-state index in [4.69, 9.17) is 0 Å². The molecule has 4 nitrogen and oxygen atoms in total. The molecule has 88 valence electrons. The molecule has 0 saturated heterocycles. The fraction of sp³-hybridized carbons (Fsp3) is 0.417. The van der Waals surface area contributed by atoms with Crippen LogP contribution in [0.15, 0.2) is 18.2 Å². The van der Waals surface area contributed by atoms with E-state index in [0.717, 1.165) is 0 Å². The Morgan fingerprint density at radius 1 is 1.50 bits per heavy atom. The molecule has 0 aliphatic heterocycles. The van der Waals surface area contributed by atoms with Gasteiger partial charge in [-0.1, -0.05) is 19.1 Å². The summed E-state index contributed by atoms with van der Waals surface area (Å²) in [5.41, 5.74) is 0.895. The van der Waals surface area contributed by atoms with E-state index in [0.29, 0.717) is 12.0 Å². The number of aliphatic hydroxyl groups excluding tert-OH is 1. The van der Waals surface area contributed by atoms with Crippen LogP contribution in [0.4, 0.5) is 0 Å². The summed E-state index contributed by atoms with van der Waals surface area (Å²) in [5, 5.41) is 21.5. The average Bonchev–Trinajstić information content (AvgIpc) is 2.29. The van der Waals surface area contributed by atoms with Crippen LogP contribution >= 0.6 is 0 Å². The van der Waals surface area contributed by atoms with E-state index < -0.39 is 6.10 Å². The van der Waals surface area contributed by atoms with Crippen molar-refractivity contribution < 1.29 is 15.0 Å². The van der Waals surface area contributed by atoms with Crippen molar-refractivity contribution in [1.29, 1.82) is 0 Å². The summed E-state index contributed by atoms with van der Waals surface area (Å²) < 4.78 is 0. The highest BCUT2D eigenvalue weighted by molar-refractivity contribution is 5.97. The molecule has 0 spiro atoms. The number of rotatable bonds is 4. The second kappa shape index (κ2) is 5.51. The smallest absolute Gasteiger partial charge is 0.255 e. The zero-order valence-electron chi connectivity index (χ0n) is 9.53. The van der Waals surface area contributed by atoms with Crippen LogP contribution in [-0.2, 0) is 0 Å². The Kier molecular flexibility index (Phi) is 4.31. The molecule has 1 atom stereocenters. The van der Waals surface area contributed by atoms with Gasteiger partial charge in [-0.15, -0.1) is 0 Å². The second-order valence-corrected chi connectivity index (χ2v) is 3.74. The third-order valence-corrected chi connectivity index (χ3v) is 2.45. The van der Waals surface area contributed by atoms with Crippen LogP contribution in [0.25, 0.3) is 0 Å². The number of amides is 1. The van der Waals surface area contributed by atoms with Crippen LogP contribution in [0.2, 0.25) is 0 Å². The Bertz CT molecular complexity index is 377. The van der Waals surface area contributed by atoms with Crippen molar-refractivity contribution in [3.8, 4) is 5.75 Å². The van der Waals surface area contributed by atoms with Gasteiger partial charge in [0.1, 0.15) is 5.75 Å². The van der Waals surface area contributed by atoms with Gasteiger partial charge < -0.3 is 15.5 Å². The molecule has 1 aromatic rings. The highest BCUT2D eigenvalue weighted by Crippen LogP contribution is 2.20. The third kappa shape index (κ3) is 2.97. The molecular weight excluding hydrogens is 206 g/mol. The molecule has 1 rings (SSSR count). The van der Waals surface area contributed by atoms with Crippen molar-refractivity contribution in [2.24, 2.45) is 0 Å². The van der Waals surface area contributed by atoms with Crippen molar-refractivity contribution in [1.82, 2.24) is 5.32 Å². The standard InChI is InChI=1S/C12H17NO3/c1-3-9(14)7-13-12(16)10-6-4-5-8(2)11(10)15/h4-6,9,14-15H,3,7H2,1-2H3,(H,13,16). The van der Waals surface area contributed by atoms with Gasteiger partial charge in [0.25, 0.3) is 5.91 Å². The highest BCUT2D eigenvalue weighted by Gasteiger charge is 2.12. The van der Waals surface area contributed by atoms with Crippen LogP contribution in [0.5, 0.6) is 5.75 Å². The van der Waals surface area contributed by atoms with Crippen LogP contribution in [0.1, 0.15) is 29.3 Å². The van der Waals surface area contributed by atoms with E-state index in [9.17, 15) is 15.0 Å². The first-order valence-electron chi connectivity index (χ1n) is 5.31. The molecule has 0 aliphatic carbocycles. The molecule has 0 aromatic heterocycles. The van der Waals surface area contributed by atoms with Crippen molar-refractivity contribution in [2.45, 2.75) is 26.4 Å². The van der Waals surface area contributed by atoms with Gasteiger partial charge in [-0.05, 0) is 25.0 Å².